The predicted octanol–water partition coefficient (Wildman–Crippen LogP) is 1.04. The van der Waals surface area contributed by atoms with Crippen molar-refractivity contribution in [3.05, 3.63) is 33.9 Å². The van der Waals surface area contributed by atoms with Gasteiger partial charge in [-0.3, -0.25) is 10.1 Å². The second kappa shape index (κ2) is 5.28. The van der Waals surface area contributed by atoms with Crippen LogP contribution < -0.4 is 10.6 Å². The SMILES string of the molecule is COc1cc([N+](=O)[O-])ccc1CCON. The van der Waals surface area contributed by atoms with E-state index in [1.807, 2.05) is 0 Å². The van der Waals surface area contributed by atoms with Gasteiger partial charge >= 0.3 is 0 Å². The number of non-ortho nitro benzene ring substituents is 1. The second-order valence-corrected chi connectivity index (χ2v) is 2.87. The Morgan fingerprint density at radius 3 is 2.80 bits per heavy atom. The minimum absolute atomic E-state index is 0.00395. The Balaban J connectivity index is 2.93. The van der Waals surface area contributed by atoms with E-state index in [0.717, 1.165) is 5.56 Å². The van der Waals surface area contributed by atoms with Crippen LogP contribution in [0.1, 0.15) is 5.56 Å². The van der Waals surface area contributed by atoms with Gasteiger partial charge in [-0.05, 0) is 11.6 Å². The number of rotatable bonds is 5. The molecule has 0 aliphatic carbocycles. The number of nitrogens with two attached hydrogens (primary N) is 1. The van der Waals surface area contributed by atoms with Crippen LogP contribution in [0.15, 0.2) is 18.2 Å². The van der Waals surface area contributed by atoms with E-state index in [1.165, 1.54) is 19.2 Å². The summed E-state index contributed by atoms with van der Waals surface area (Å²) in [5.74, 6) is 5.37. The fourth-order valence-electron chi connectivity index (χ4n) is 1.22. The van der Waals surface area contributed by atoms with Crippen LogP contribution in [-0.2, 0) is 11.3 Å². The molecule has 0 spiro atoms. The molecule has 1 aromatic rings. The largest absolute Gasteiger partial charge is 0.496 e. The number of methoxy groups -OCH3 is 1. The lowest BCUT2D eigenvalue weighted by Gasteiger charge is -2.07. The minimum atomic E-state index is -0.467. The molecule has 0 heterocycles. The minimum Gasteiger partial charge on any atom is -0.496 e. The Hall–Kier alpha value is -1.66. The molecule has 0 amide bonds. The van der Waals surface area contributed by atoms with Crippen LogP contribution in [0.3, 0.4) is 0 Å². The molecule has 0 aliphatic heterocycles. The van der Waals surface area contributed by atoms with Crippen LogP contribution >= 0.6 is 0 Å². The van der Waals surface area contributed by atoms with Crippen molar-refractivity contribution in [3.8, 4) is 5.75 Å². The average Bonchev–Trinajstić information content (AvgIpc) is 2.25. The van der Waals surface area contributed by atoms with Gasteiger partial charge < -0.3 is 9.57 Å². The molecule has 0 saturated heterocycles. The molecular formula is C9H12N2O4. The van der Waals surface area contributed by atoms with E-state index in [-0.39, 0.29) is 5.69 Å². The standard InChI is InChI=1S/C9H12N2O4/c1-14-9-6-8(11(12)13)3-2-7(9)4-5-15-10/h2-3,6H,4-5,10H2,1H3. The first-order valence-corrected chi connectivity index (χ1v) is 4.32. The average molecular weight is 212 g/mol. The molecule has 1 aromatic carbocycles. The normalized spacial score (nSPS) is 10.0. The van der Waals surface area contributed by atoms with Crippen LogP contribution in [0.4, 0.5) is 5.69 Å². The number of nitro benzene ring substituents is 1. The molecule has 0 fully saturated rings. The fraction of sp³-hybridized carbons (Fsp3) is 0.333. The molecule has 6 heteroatoms. The summed E-state index contributed by atoms with van der Waals surface area (Å²) < 4.78 is 5.03. The fourth-order valence-corrected chi connectivity index (χ4v) is 1.22. The van der Waals surface area contributed by atoms with Gasteiger partial charge in [0.2, 0.25) is 0 Å². The molecule has 82 valence electrons. The van der Waals surface area contributed by atoms with Crippen molar-refractivity contribution in [1.29, 1.82) is 0 Å². The van der Waals surface area contributed by atoms with Crippen LogP contribution in [-0.4, -0.2) is 18.6 Å². The summed E-state index contributed by atoms with van der Waals surface area (Å²) >= 11 is 0. The Labute approximate surface area is 86.7 Å². The number of nitro groups is 1. The first kappa shape index (κ1) is 11.4. The summed E-state index contributed by atoms with van der Waals surface area (Å²) in [6, 6.07) is 4.44. The lowest BCUT2D eigenvalue weighted by molar-refractivity contribution is -0.384. The first-order valence-electron chi connectivity index (χ1n) is 4.32. The summed E-state index contributed by atoms with van der Waals surface area (Å²) in [6.45, 7) is 0.341. The summed E-state index contributed by atoms with van der Waals surface area (Å²) in [7, 11) is 1.46. The molecular weight excluding hydrogens is 200 g/mol. The van der Waals surface area contributed by atoms with E-state index in [4.69, 9.17) is 10.6 Å². The van der Waals surface area contributed by atoms with Crippen molar-refractivity contribution < 1.29 is 14.5 Å². The second-order valence-electron chi connectivity index (χ2n) is 2.87. The van der Waals surface area contributed by atoms with Crippen LogP contribution in [0, 0.1) is 10.1 Å². The molecule has 15 heavy (non-hydrogen) atoms. The van der Waals surface area contributed by atoms with Gasteiger partial charge in [-0.25, -0.2) is 5.90 Å². The van der Waals surface area contributed by atoms with E-state index >= 15 is 0 Å². The third-order valence-electron chi connectivity index (χ3n) is 1.97. The van der Waals surface area contributed by atoms with Gasteiger partial charge in [0.25, 0.3) is 5.69 Å². The highest BCUT2D eigenvalue weighted by molar-refractivity contribution is 5.44. The number of benzene rings is 1. The maximum atomic E-state index is 10.5. The Kier molecular flexibility index (Phi) is 4.02. The molecule has 0 atom stereocenters. The van der Waals surface area contributed by atoms with Crippen molar-refractivity contribution in [1.82, 2.24) is 0 Å². The zero-order valence-electron chi connectivity index (χ0n) is 8.30. The number of nitrogens with zero attached hydrogens (tertiary/aromatic N) is 1. The molecule has 0 aromatic heterocycles. The quantitative estimate of drug-likeness (QED) is 0.581. The van der Waals surface area contributed by atoms with E-state index in [9.17, 15) is 10.1 Å². The molecule has 0 aliphatic rings. The first-order chi connectivity index (χ1) is 7.19. The van der Waals surface area contributed by atoms with Gasteiger partial charge in [0.15, 0.2) is 0 Å². The maximum Gasteiger partial charge on any atom is 0.273 e. The van der Waals surface area contributed by atoms with Crippen LogP contribution in [0.25, 0.3) is 0 Å². The van der Waals surface area contributed by atoms with Gasteiger partial charge in [-0.1, -0.05) is 0 Å². The summed E-state index contributed by atoms with van der Waals surface area (Å²) in [5.41, 5.74) is 0.831. The molecule has 2 N–H and O–H groups in total. The van der Waals surface area contributed by atoms with E-state index < -0.39 is 4.92 Å². The Morgan fingerprint density at radius 1 is 1.53 bits per heavy atom. The van der Waals surface area contributed by atoms with Gasteiger partial charge in [0.1, 0.15) is 5.75 Å². The van der Waals surface area contributed by atoms with E-state index in [1.54, 1.807) is 6.07 Å². The van der Waals surface area contributed by atoms with E-state index in [2.05, 4.69) is 4.84 Å². The lowest BCUT2D eigenvalue weighted by Crippen LogP contribution is -2.05. The molecule has 0 radical (unpaired) electrons. The summed E-state index contributed by atoms with van der Waals surface area (Å²) in [4.78, 5) is 14.5. The van der Waals surface area contributed by atoms with Crippen molar-refractivity contribution in [2.24, 2.45) is 5.90 Å². The summed E-state index contributed by atoms with van der Waals surface area (Å²) in [6.07, 6.45) is 0.553. The third kappa shape index (κ3) is 2.90. The topological polar surface area (TPSA) is 87.6 Å². The summed E-state index contributed by atoms with van der Waals surface area (Å²) in [5, 5.41) is 10.5. The highest BCUT2D eigenvalue weighted by Crippen LogP contribution is 2.24. The Bertz CT molecular complexity index is 354. The van der Waals surface area contributed by atoms with Gasteiger partial charge in [-0.15, -0.1) is 0 Å². The molecule has 0 bridgehead atoms. The zero-order chi connectivity index (χ0) is 11.3. The molecule has 0 unspecified atom stereocenters. The third-order valence-corrected chi connectivity index (χ3v) is 1.97. The van der Waals surface area contributed by atoms with Crippen molar-refractivity contribution >= 4 is 5.69 Å². The molecule has 6 nitrogen and oxygen atoms in total. The lowest BCUT2D eigenvalue weighted by atomic mass is 10.1. The van der Waals surface area contributed by atoms with Crippen molar-refractivity contribution in [2.45, 2.75) is 6.42 Å². The molecule has 1 rings (SSSR count). The van der Waals surface area contributed by atoms with E-state index in [0.29, 0.717) is 18.8 Å². The van der Waals surface area contributed by atoms with Gasteiger partial charge in [0.05, 0.1) is 24.7 Å². The zero-order valence-corrected chi connectivity index (χ0v) is 8.30. The number of hydrogen-bond donors (Lipinski definition) is 1. The maximum absolute atomic E-state index is 10.5. The molecule has 0 saturated carbocycles. The number of hydrogen-bond acceptors (Lipinski definition) is 5. The van der Waals surface area contributed by atoms with Crippen molar-refractivity contribution in [2.75, 3.05) is 13.7 Å². The van der Waals surface area contributed by atoms with Crippen molar-refractivity contribution in [3.63, 3.8) is 0 Å². The van der Waals surface area contributed by atoms with Crippen LogP contribution in [0.2, 0.25) is 0 Å². The Morgan fingerprint density at radius 2 is 2.27 bits per heavy atom. The van der Waals surface area contributed by atoms with Gasteiger partial charge in [-0.2, -0.15) is 0 Å². The monoisotopic (exact) mass is 212 g/mol. The smallest absolute Gasteiger partial charge is 0.273 e. The van der Waals surface area contributed by atoms with Crippen LogP contribution in [0.5, 0.6) is 5.75 Å². The number of ether oxygens (including phenoxy) is 1. The highest BCUT2D eigenvalue weighted by Gasteiger charge is 2.10. The highest BCUT2D eigenvalue weighted by atomic mass is 16.6. The predicted molar refractivity (Wildman–Crippen MR) is 53.5 cm³/mol. The van der Waals surface area contributed by atoms with Gasteiger partial charge in [0, 0.05) is 12.5 Å².